The molecule has 4 atom stereocenters. The van der Waals surface area contributed by atoms with E-state index in [-0.39, 0.29) is 17.4 Å². The van der Waals surface area contributed by atoms with Crippen molar-refractivity contribution in [1.82, 2.24) is 20.7 Å². The number of benzene rings is 1. The SMILES string of the molecule is COCC(C)(C)NC(=O)[C@@H]1CN(C2CCCC2C)CC[C@H]1NC(=O)c1cc(-c2c(F)cc(F)cc2F)on1. The van der Waals surface area contributed by atoms with Crippen LogP contribution in [0.5, 0.6) is 0 Å². The molecule has 208 valence electrons. The fourth-order valence-corrected chi connectivity index (χ4v) is 5.73. The van der Waals surface area contributed by atoms with E-state index in [2.05, 4.69) is 27.6 Å². The standard InChI is InChI=1S/C27H35F3N4O4/c1-15-6-5-7-22(15)34-9-8-20(17(13-34)25(35)32-27(2,3)14-37-4)31-26(36)21-12-23(38-33-21)24-18(29)10-16(28)11-19(24)30/h10-12,15,17,20,22H,5-9,13-14H2,1-4H3,(H,31,36)(H,32,35)/t15?,17-,20-,22?/m1/s1. The molecule has 1 aliphatic heterocycles. The van der Waals surface area contributed by atoms with Crippen molar-refractivity contribution in [1.29, 1.82) is 0 Å². The topological polar surface area (TPSA) is 96.7 Å². The maximum Gasteiger partial charge on any atom is 0.273 e. The average Bonchev–Trinajstić information content (AvgIpc) is 3.48. The van der Waals surface area contributed by atoms with Gasteiger partial charge < -0.3 is 19.9 Å². The summed E-state index contributed by atoms with van der Waals surface area (Å²) in [7, 11) is 1.57. The Hall–Kier alpha value is -2.92. The highest BCUT2D eigenvalue weighted by Crippen LogP contribution is 2.33. The van der Waals surface area contributed by atoms with Crippen molar-refractivity contribution >= 4 is 11.8 Å². The summed E-state index contributed by atoms with van der Waals surface area (Å²) < 4.78 is 51.9. The monoisotopic (exact) mass is 536 g/mol. The van der Waals surface area contributed by atoms with Crippen LogP contribution in [0.1, 0.15) is 56.9 Å². The molecule has 2 aromatic rings. The van der Waals surface area contributed by atoms with Gasteiger partial charge in [0.2, 0.25) is 5.91 Å². The first-order chi connectivity index (χ1) is 18.0. The van der Waals surface area contributed by atoms with Gasteiger partial charge in [0, 0.05) is 50.5 Å². The quantitative estimate of drug-likeness (QED) is 0.531. The lowest BCUT2D eigenvalue weighted by Gasteiger charge is -2.43. The third-order valence-electron chi connectivity index (χ3n) is 7.55. The highest BCUT2D eigenvalue weighted by molar-refractivity contribution is 5.94. The molecule has 2 heterocycles. The number of ether oxygens (including phenoxy) is 1. The normalized spacial score (nSPS) is 24.4. The van der Waals surface area contributed by atoms with Gasteiger partial charge in [0.05, 0.1) is 23.6 Å². The summed E-state index contributed by atoms with van der Waals surface area (Å²) in [5.74, 6) is -4.58. The third-order valence-corrected chi connectivity index (χ3v) is 7.55. The lowest BCUT2D eigenvalue weighted by atomic mass is 9.88. The Morgan fingerprint density at radius 1 is 1.16 bits per heavy atom. The van der Waals surface area contributed by atoms with E-state index in [0.29, 0.717) is 43.7 Å². The molecule has 2 N–H and O–H groups in total. The number of nitrogens with one attached hydrogen (secondary N) is 2. The number of methoxy groups -OCH3 is 1. The molecule has 0 spiro atoms. The molecule has 2 aliphatic rings. The maximum atomic E-state index is 14.2. The summed E-state index contributed by atoms with van der Waals surface area (Å²) in [4.78, 5) is 28.9. The molecule has 2 unspecified atom stereocenters. The number of rotatable bonds is 8. The van der Waals surface area contributed by atoms with Crippen LogP contribution in [-0.4, -0.2) is 66.3 Å². The molecule has 1 aromatic heterocycles. The number of halogens is 3. The molecule has 0 bridgehead atoms. The van der Waals surface area contributed by atoms with Crippen LogP contribution in [0.25, 0.3) is 11.3 Å². The number of hydrogen-bond acceptors (Lipinski definition) is 6. The molecule has 1 aliphatic carbocycles. The van der Waals surface area contributed by atoms with Crippen molar-refractivity contribution in [3.63, 3.8) is 0 Å². The number of piperidine rings is 1. The van der Waals surface area contributed by atoms with Crippen LogP contribution in [0.15, 0.2) is 22.7 Å². The van der Waals surface area contributed by atoms with Gasteiger partial charge in [0.15, 0.2) is 11.5 Å². The molecule has 1 aromatic carbocycles. The van der Waals surface area contributed by atoms with E-state index in [1.54, 1.807) is 7.11 Å². The van der Waals surface area contributed by atoms with Crippen LogP contribution in [0.3, 0.4) is 0 Å². The Bertz CT molecular complexity index is 1150. The van der Waals surface area contributed by atoms with Gasteiger partial charge in [-0.1, -0.05) is 18.5 Å². The second-order valence-corrected chi connectivity index (χ2v) is 11.1. The van der Waals surface area contributed by atoms with Crippen molar-refractivity contribution in [3.05, 3.63) is 41.3 Å². The van der Waals surface area contributed by atoms with Crippen molar-refractivity contribution < 1.29 is 32.0 Å². The van der Waals surface area contributed by atoms with E-state index >= 15 is 0 Å². The first-order valence-electron chi connectivity index (χ1n) is 13.0. The number of nitrogens with zero attached hydrogens (tertiary/aromatic N) is 2. The van der Waals surface area contributed by atoms with Gasteiger partial charge in [0.25, 0.3) is 5.91 Å². The minimum absolute atomic E-state index is 0.191. The van der Waals surface area contributed by atoms with Gasteiger partial charge in [-0.05, 0) is 39.0 Å². The molecule has 1 saturated heterocycles. The first kappa shape index (κ1) is 28.1. The summed E-state index contributed by atoms with van der Waals surface area (Å²) in [5, 5.41) is 9.59. The fourth-order valence-electron chi connectivity index (χ4n) is 5.73. The van der Waals surface area contributed by atoms with Crippen LogP contribution < -0.4 is 10.6 Å². The van der Waals surface area contributed by atoms with Gasteiger partial charge >= 0.3 is 0 Å². The van der Waals surface area contributed by atoms with Crippen molar-refractivity contribution in [2.24, 2.45) is 11.8 Å². The molecule has 11 heteroatoms. The van der Waals surface area contributed by atoms with E-state index in [1.807, 2.05) is 13.8 Å². The Morgan fingerprint density at radius 2 is 1.87 bits per heavy atom. The smallest absolute Gasteiger partial charge is 0.273 e. The predicted molar refractivity (Wildman–Crippen MR) is 134 cm³/mol. The molecule has 2 fully saturated rings. The Balaban J connectivity index is 1.52. The minimum Gasteiger partial charge on any atom is -0.382 e. The number of likely N-dealkylation sites (tertiary alicyclic amines) is 1. The van der Waals surface area contributed by atoms with Crippen LogP contribution in [-0.2, 0) is 9.53 Å². The maximum absolute atomic E-state index is 14.2. The zero-order chi connectivity index (χ0) is 27.6. The van der Waals surface area contributed by atoms with Gasteiger partial charge in [-0.2, -0.15) is 0 Å². The number of amides is 2. The fraction of sp³-hybridized carbons (Fsp3) is 0.593. The highest BCUT2D eigenvalue weighted by Gasteiger charge is 2.41. The molecule has 1 saturated carbocycles. The number of carbonyl (C=O) groups excluding carboxylic acids is 2. The molecule has 4 rings (SSSR count). The van der Waals surface area contributed by atoms with Crippen molar-refractivity contribution in [3.8, 4) is 11.3 Å². The Kier molecular flexibility index (Phi) is 8.46. The predicted octanol–water partition coefficient (Wildman–Crippen LogP) is 3.91. The summed E-state index contributed by atoms with van der Waals surface area (Å²) in [5.41, 5.74) is -1.42. The van der Waals surface area contributed by atoms with Gasteiger partial charge in [0.1, 0.15) is 17.5 Å². The van der Waals surface area contributed by atoms with E-state index in [4.69, 9.17) is 9.26 Å². The third kappa shape index (κ3) is 6.20. The number of aromatic nitrogens is 1. The zero-order valence-corrected chi connectivity index (χ0v) is 22.2. The van der Waals surface area contributed by atoms with Crippen LogP contribution >= 0.6 is 0 Å². The lowest BCUT2D eigenvalue weighted by molar-refractivity contribution is -0.130. The van der Waals surface area contributed by atoms with Gasteiger partial charge in [-0.3, -0.25) is 14.5 Å². The molecule has 2 amide bonds. The number of hydrogen-bond donors (Lipinski definition) is 2. The zero-order valence-electron chi connectivity index (χ0n) is 22.2. The second-order valence-electron chi connectivity index (χ2n) is 11.1. The van der Waals surface area contributed by atoms with E-state index in [0.717, 1.165) is 31.9 Å². The van der Waals surface area contributed by atoms with E-state index in [1.165, 1.54) is 0 Å². The van der Waals surface area contributed by atoms with Crippen molar-refractivity contribution in [2.45, 2.75) is 64.1 Å². The highest BCUT2D eigenvalue weighted by atomic mass is 19.1. The van der Waals surface area contributed by atoms with E-state index in [9.17, 15) is 22.8 Å². The summed E-state index contributed by atoms with van der Waals surface area (Å²) in [6, 6.07) is 2.05. The molecule has 0 radical (unpaired) electrons. The first-order valence-corrected chi connectivity index (χ1v) is 13.0. The van der Waals surface area contributed by atoms with Gasteiger partial charge in [-0.25, -0.2) is 13.2 Å². The molecular weight excluding hydrogens is 501 g/mol. The molecule has 8 nitrogen and oxygen atoms in total. The minimum atomic E-state index is -1.17. The van der Waals surface area contributed by atoms with Crippen molar-refractivity contribution in [2.75, 3.05) is 26.8 Å². The number of carbonyl (C=O) groups is 2. The summed E-state index contributed by atoms with van der Waals surface area (Å²) in [6.07, 6.45) is 3.94. The Labute approximate surface area is 220 Å². The van der Waals surface area contributed by atoms with Crippen LogP contribution in [0, 0.1) is 29.3 Å². The van der Waals surface area contributed by atoms with E-state index < -0.39 is 46.4 Å². The van der Waals surface area contributed by atoms with Crippen LogP contribution in [0.4, 0.5) is 13.2 Å². The molecular formula is C27H35F3N4O4. The van der Waals surface area contributed by atoms with Crippen LogP contribution in [0.2, 0.25) is 0 Å². The largest absolute Gasteiger partial charge is 0.382 e. The summed E-state index contributed by atoms with van der Waals surface area (Å²) >= 11 is 0. The lowest BCUT2D eigenvalue weighted by Crippen LogP contribution is -2.60. The average molecular weight is 537 g/mol. The second kappa shape index (κ2) is 11.4. The van der Waals surface area contributed by atoms with Gasteiger partial charge in [-0.15, -0.1) is 0 Å². The summed E-state index contributed by atoms with van der Waals surface area (Å²) in [6.45, 7) is 7.51. The molecule has 38 heavy (non-hydrogen) atoms. The Morgan fingerprint density at radius 3 is 2.50 bits per heavy atom.